The molecule has 0 radical (unpaired) electrons. The highest BCUT2D eigenvalue weighted by Crippen LogP contribution is 2.22. The Labute approximate surface area is 173 Å². The van der Waals surface area contributed by atoms with Crippen molar-refractivity contribution in [1.29, 1.82) is 0 Å². The van der Waals surface area contributed by atoms with Crippen LogP contribution in [-0.2, 0) is 19.1 Å². The highest BCUT2D eigenvalue weighted by Gasteiger charge is 2.27. The molecular weight excluding hydrogens is 390 g/mol. The molecule has 10 nitrogen and oxygen atoms in total. The third-order valence-corrected chi connectivity index (χ3v) is 4.62. The number of esters is 1. The lowest BCUT2D eigenvalue weighted by molar-refractivity contribution is -0.147. The van der Waals surface area contributed by atoms with Crippen molar-refractivity contribution in [2.45, 2.75) is 26.7 Å². The summed E-state index contributed by atoms with van der Waals surface area (Å²) >= 11 is 0. The first-order chi connectivity index (χ1) is 14.4. The lowest BCUT2D eigenvalue weighted by Gasteiger charge is -2.11. The molecule has 0 unspecified atom stereocenters. The smallest absolute Gasteiger partial charge is 0.324 e. The molecule has 4 amide bonds. The van der Waals surface area contributed by atoms with E-state index in [1.807, 2.05) is 37.3 Å². The van der Waals surface area contributed by atoms with Gasteiger partial charge in [0, 0.05) is 13.0 Å². The molecule has 0 saturated carbocycles. The molecule has 1 aliphatic heterocycles. The van der Waals surface area contributed by atoms with Crippen LogP contribution in [0.5, 0.6) is 0 Å². The minimum Gasteiger partial charge on any atom is -0.456 e. The molecule has 1 fully saturated rings. The number of hydrogen-bond donors (Lipinski definition) is 2. The van der Waals surface area contributed by atoms with Gasteiger partial charge in [-0.1, -0.05) is 18.2 Å². The number of nitrogens with one attached hydrogen (secondary N) is 2. The van der Waals surface area contributed by atoms with E-state index >= 15 is 0 Å². The Hall–Kier alpha value is -3.69. The van der Waals surface area contributed by atoms with Gasteiger partial charge in [-0.2, -0.15) is 5.10 Å². The maximum atomic E-state index is 12.2. The summed E-state index contributed by atoms with van der Waals surface area (Å²) in [5, 5.41) is 9.58. The Morgan fingerprint density at radius 3 is 2.60 bits per heavy atom. The second-order valence-electron chi connectivity index (χ2n) is 6.81. The van der Waals surface area contributed by atoms with Crippen LogP contribution in [0, 0.1) is 13.8 Å². The molecule has 2 aromatic rings. The summed E-state index contributed by atoms with van der Waals surface area (Å²) in [6.45, 7) is 3.29. The molecule has 1 aromatic heterocycles. The first-order valence-electron chi connectivity index (χ1n) is 9.52. The van der Waals surface area contributed by atoms with Crippen molar-refractivity contribution in [1.82, 2.24) is 20.0 Å². The molecule has 158 valence electrons. The van der Waals surface area contributed by atoms with Crippen LogP contribution in [0.3, 0.4) is 0 Å². The Bertz CT molecular complexity index is 953. The molecule has 2 heterocycles. The zero-order valence-corrected chi connectivity index (χ0v) is 16.8. The number of carbonyl (C=O) groups is 4. The summed E-state index contributed by atoms with van der Waals surface area (Å²) in [4.78, 5) is 48.0. The second-order valence-corrected chi connectivity index (χ2v) is 6.81. The van der Waals surface area contributed by atoms with Gasteiger partial charge in [0.15, 0.2) is 6.61 Å². The number of imide groups is 1. The number of urea groups is 1. The summed E-state index contributed by atoms with van der Waals surface area (Å²) in [6.07, 6.45) is 0.260. The predicted molar refractivity (Wildman–Crippen MR) is 107 cm³/mol. The van der Waals surface area contributed by atoms with E-state index in [1.54, 1.807) is 11.6 Å². The van der Waals surface area contributed by atoms with Crippen LogP contribution < -0.4 is 10.6 Å². The number of amides is 4. The number of carbonyl (C=O) groups excluding carboxylic acids is 4. The van der Waals surface area contributed by atoms with Crippen LogP contribution in [0.1, 0.15) is 24.2 Å². The number of benzene rings is 1. The van der Waals surface area contributed by atoms with Crippen LogP contribution >= 0.6 is 0 Å². The van der Waals surface area contributed by atoms with E-state index in [2.05, 4.69) is 15.7 Å². The molecule has 1 aliphatic rings. The van der Waals surface area contributed by atoms with Crippen LogP contribution in [-0.4, -0.2) is 58.2 Å². The topological polar surface area (TPSA) is 123 Å². The SMILES string of the molecule is Cc1nn(-c2ccccc2)c(C)c1NC(=O)COC(=O)CCCN1C(=O)CNC1=O. The Morgan fingerprint density at radius 2 is 1.93 bits per heavy atom. The second kappa shape index (κ2) is 9.21. The predicted octanol–water partition coefficient (Wildman–Crippen LogP) is 1.30. The highest BCUT2D eigenvalue weighted by atomic mass is 16.5. The number of aromatic nitrogens is 2. The van der Waals surface area contributed by atoms with E-state index in [-0.39, 0.29) is 31.8 Å². The number of rotatable bonds is 8. The number of nitrogens with zero attached hydrogens (tertiary/aromatic N) is 3. The molecule has 0 bridgehead atoms. The lowest BCUT2D eigenvalue weighted by Crippen LogP contribution is -2.32. The largest absolute Gasteiger partial charge is 0.456 e. The van der Waals surface area contributed by atoms with Gasteiger partial charge in [0.2, 0.25) is 5.91 Å². The molecule has 1 saturated heterocycles. The molecule has 0 aliphatic carbocycles. The van der Waals surface area contributed by atoms with Crippen LogP contribution in [0.15, 0.2) is 30.3 Å². The summed E-state index contributed by atoms with van der Waals surface area (Å²) in [6, 6.07) is 9.06. The zero-order chi connectivity index (χ0) is 21.7. The molecule has 0 spiro atoms. The summed E-state index contributed by atoms with van der Waals surface area (Å²) < 4.78 is 6.71. The van der Waals surface area contributed by atoms with Gasteiger partial charge in [-0.25, -0.2) is 9.48 Å². The molecule has 30 heavy (non-hydrogen) atoms. The molecule has 1 aromatic carbocycles. The molecule has 3 rings (SSSR count). The normalized spacial score (nSPS) is 13.3. The number of anilines is 1. The van der Waals surface area contributed by atoms with Gasteiger partial charge in [0.1, 0.15) is 0 Å². The average molecular weight is 413 g/mol. The minimum atomic E-state index is -0.578. The van der Waals surface area contributed by atoms with E-state index in [1.165, 1.54) is 0 Å². The van der Waals surface area contributed by atoms with Gasteiger partial charge >= 0.3 is 12.0 Å². The molecule has 0 atom stereocenters. The van der Waals surface area contributed by atoms with E-state index < -0.39 is 24.5 Å². The van der Waals surface area contributed by atoms with Crippen molar-refractivity contribution >= 4 is 29.5 Å². The maximum absolute atomic E-state index is 12.2. The number of para-hydroxylation sites is 1. The first kappa shape index (κ1) is 21.0. The number of hydrogen-bond acceptors (Lipinski definition) is 6. The maximum Gasteiger partial charge on any atom is 0.324 e. The van der Waals surface area contributed by atoms with Gasteiger partial charge in [-0.3, -0.25) is 19.3 Å². The van der Waals surface area contributed by atoms with E-state index in [4.69, 9.17) is 4.74 Å². The van der Waals surface area contributed by atoms with Gasteiger partial charge in [-0.05, 0) is 32.4 Å². The third-order valence-electron chi connectivity index (χ3n) is 4.62. The van der Waals surface area contributed by atoms with Gasteiger partial charge in [0.25, 0.3) is 5.91 Å². The van der Waals surface area contributed by atoms with Crippen LogP contribution in [0.4, 0.5) is 10.5 Å². The summed E-state index contributed by atoms with van der Waals surface area (Å²) in [5.41, 5.74) is 2.84. The fraction of sp³-hybridized carbons (Fsp3) is 0.350. The first-order valence-corrected chi connectivity index (χ1v) is 9.52. The van der Waals surface area contributed by atoms with Gasteiger partial charge in [-0.15, -0.1) is 0 Å². The third kappa shape index (κ3) is 4.83. The van der Waals surface area contributed by atoms with Gasteiger partial charge < -0.3 is 15.4 Å². The van der Waals surface area contributed by atoms with E-state index in [9.17, 15) is 19.2 Å². The number of aryl methyl sites for hydroxylation is 1. The molecule has 2 N–H and O–H groups in total. The molecular formula is C20H23N5O5. The number of ether oxygens (including phenoxy) is 1. The Balaban J connectivity index is 1.47. The van der Waals surface area contributed by atoms with E-state index in [0.717, 1.165) is 16.3 Å². The minimum absolute atomic E-state index is 0.00562. The van der Waals surface area contributed by atoms with Crippen LogP contribution in [0.25, 0.3) is 5.69 Å². The highest BCUT2D eigenvalue weighted by molar-refractivity contribution is 6.01. The van der Waals surface area contributed by atoms with Crippen molar-refractivity contribution in [2.75, 3.05) is 25.0 Å². The van der Waals surface area contributed by atoms with Crippen molar-refractivity contribution in [3.05, 3.63) is 41.7 Å². The average Bonchev–Trinajstić information content (AvgIpc) is 3.20. The fourth-order valence-electron chi connectivity index (χ4n) is 3.10. The van der Waals surface area contributed by atoms with Crippen molar-refractivity contribution in [3.63, 3.8) is 0 Å². The summed E-state index contributed by atoms with van der Waals surface area (Å²) in [7, 11) is 0. The standard InChI is InChI=1S/C20H23N5O5/c1-13-19(14(2)25(23-13)15-7-4-3-5-8-15)22-16(26)12-30-18(28)9-6-10-24-17(27)11-21-20(24)29/h3-5,7-8H,6,9-12H2,1-2H3,(H,21,29)(H,22,26). The fourth-order valence-corrected chi connectivity index (χ4v) is 3.10. The van der Waals surface area contributed by atoms with Crippen molar-refractivity contribution < 1.29 is 23.9 Å². The van der Waals surface area contributed by atoms with Crippen molar-refractivity contribution in [3.8, 4) is 5.69 Å². The van der Waals surface area contributed by atoms with Crippen molar-refractivity contribution in [2.24, 2.45) is 0 Å². The lowest BCUT2D eigenvalue weighted by atomic mass is 10.3. The van der Waals surface area contributed by atoms with E-state index in [0.29, 0.717) is 11.4 Å². The monoisotopic (exact) mass is 413 g/mol. The van der Waals surface area contributed by atoms with Crippen LogP contribution in [0.2, 0.25) is 0 Å². The Kier molecular flexibility index (Phi) is 6.45. The van der Waals surface area contributed by atoms with Gasteiger partial charge in [0.05, 0.1) is 29.3 Å². The molecule has 10 heteroatoms. The Morgan fingerprint density at radius 1 is 1.20 bits per heavy atom. The zero-order valence-electron chi connectivity index (χ0n) is 16.8. The summed E-state index contributed by atoms with van der Waals surface area (Å²) in [5.74, 6) is -1.38. The quantitative estimate of drug-likeness (QED) is 0.497.